The molecule has 3 aromatic carbocycles. The number of hydrogen-bond donors (Lipinski definition) is 1. The van der Waals surface area contributed by atoms with Gasteiger partial charge in [-0.15, -0.1) is 0 Å². The van der Waals surface area contributed by atoms with Gasteiger partial charge in [0.15, 0.2) is 0 Å². The van der Waals surface area contributed by atoms with E-state index >= 15 is 0 Å². The molecule has 0 aliphatic carbocycles. The smallest absolute Gasteiger partial charge is 0.265 e. The number of para-hydroxylation sites is 2. The van der Waals surface area contributed by atoms with Crippen LogP contribution in [0, 0.1) is 6.92 Å². The van der Waals surface area contributed by atoms with Crippen LogP contribution in [0.5, 0.6) is 11.5 Å². The fraction of sp³-hybridized carbons (Fsp3) is 0.240. The van der Waals surface area contributed by atoms with Crippen molar-refractivity contribution in [2.45, 2.75) is 25.3 Å². The molecular formula is C25H28N2O5S. The summed E-state index contributed by atoms with van der Waals surface area (Å²) in [5.41, 5.74) is 1.61. The Hall–Kier alpha value is -3.52. The fourth-order valence-electron chi connectivity index (χ4n) is 3.57. The molecule has 0 atom stereocenters. The summed E-state index contributed by atoms with van der Waals surface area (Å²) in [6, 6.07) is 20.0. The Kier molecular flexibility index (Phi) is 7.60. The van der Waals surface area contributed by atoms with E-state index in [1.54, 1.807) is 78.6 Å². The number of nitrogens with zero attached hydrogens (tertiary/aromatic N) is 2. The lowest BCUT2D eigenvalue weighted by atomic mass is 10.2. The summed E-state index contributed by atoms with van der Waals surface area (Å²) in [5.74, 6) is 0.0798. The molecule has 3 aromatic rings. The molecule has 0 saturated heterocycles. The van der Waals surface area contributed by atoms with Crippen LogP contribution in [0.4, 0.5) is 5.69 Å². The Morgan fingerprint density at radius 2 is 1.70 bits per heavy atom. The first-order valence-corrected chi connectivity index (χ1v) is 12.0. The lowest BCUT2D eigenvalue weighted by Gasteiger charge is -2.29. The van der Waals surface area contributed by atoms with Gasteiger partial charge in [0.2, 0.25) is 5.91 Å². The zero-order valence-corrected chi connectivity index (χ0v) is 19.7. The van der Waals surface area contributed by atoms with E-state index < -0.39 is 16.6 Å². The van der Waals surface area contributed by atoms with Crippen molar-refractivity contribution in [3.63, 3.8) is 0 Å². The van der Waals surface area contributed by atoms with Crippen LogP contribution in [0.1, 0.15) is 18.1 Å². The van der Waals surface area contributed by atoms with Crippen molar-refractivity contribution in [2.75, 3.05) is 24.5 Å². The Morgan fingerprint density at radius 1 is 1.00 bits per heavy atom. The van der Waals surface area contributed by atoms with E-state index in [9.17, 15) is 18.3 Å². The van der Waals surface area contributed by atoms with Gasteiger partial charge in [0.25, 0.3) is 10.0 Å². The number of benzene rings is 3. The molecular weight excluding hydrogens is 440 g/mol. The summed E-state index contributed by atoms with van der Waals surface area (Å²) in [7, 11) is -2.61. The van der Waals surface area contributed by atoms with E-state index in [1.165, 1.54) is 13.2 Å². The molecule has 33 heavy (non-hydrogen) atoms. The van der Waals surface area contributed by atoms with E-state index in [1.807, 2.05) is 6.92 Å². The molecule has 0 unspecified atom stereocenters. The fourth-order valence-corrected chi connectivity index (χ4v) is 5.23. The number of anilines is 1. The molecule has 0 aliphatic heterocycles. The van der Waals surface area contributed by atoms with Gasteiger partial charge in [-0.1, -0.05) is 42.5 Å². The normalized spacial score (nSPS) is 11.1. The minimum Gasteiger partial charge on any atom is -0.508 e. The SMILES string of the molecule is CCN(Cc1cccc(O)c1)C(=O)CN(c1ccccc1OC)S(=O)(=O)c1ccccc1C. The maximum absolute atomic E-state index is 13.7. The second-order valence-electron chi connectivity index (χ2n) is 7.53. The number of hydrogen-bond acceptors (Lipinski definition) is 5. The summed E-state index contributed by atoms with van der Waals surface area (Å²) >= 11 is 0. The van der Waals surface area contributed by atoms with Crippen LogP contribution in [0.2, 0.25) is 0 Å². The van der Waals surface area contributed by atoms with Gasteiger partial charge in [0.1, 0.15) is 18.0 Å². The summed E-state index contributed by atoms with van der Waals surface area (Å²) < 4.78 is 34.0. The maximum Gasteiger partial charge on any atom is 0.265 e. The second kappa shape index (κ2) is 10.4. The lowest BCUT2D eigenvalue weighted by molar-refractivity contribution is -0.129. The lowest BCUT2D eigenvalue weighted by Crippen LogP contribution is -2.43. The molecule has 3 rings (SSSR count). The average Bonchev–Trinajstić information content (AvgIpc) is 2.81. The van der Waals surface area contributed by atoms with Crippen molar-refractivity contribution in [2.24, 2.45) is 0 Å². The number of phenolic OH excluding ortho intramolecular Hbond substituents is 1. The van der Waals surface area contributed by atoms with Gasteiger partial charge in [0.05, 0.1) is 17.7 Å². The van der Waals surface area contributed by atoms with E-state index in [2.05, 4.69) is 0 Å². The van der Waals surface area contributed by atoms with E-state index in [-0.39, 0.29) is 28.8 Å². The first-order valence-electron chi connectivity index (χ1n) is 10.5. The molecule has 1 amide bonds. The topological polar surface area (TPSA) is 87.2 Å². The third-order valence-electron chi connectivity index (χ3n) is 5.31. The van der Waals surface area contributed by atoms with Gasteiger partial charge in [-0.2, -0.15) is 0 Å². The van der Waals surface area contributed by atoms with Crippen LogP contribution in [-0.2, 0) is 21.4 Å². The van der Waals surface area contributed by atoms with Crippen LogP contribution < -0.4 is 9.04 Å². The number of aromatic hydroxyl groups is 1. The van der Waals surface area contributed by atoms with E-state index in [0.717, 1.165) is 9.87 Å². The maximum atomic E-state index is 13.7. The molecule has 0 heterocycles. The molecule has 0 saturated carbocycles. The van der Waals surface area contributed by atoms with Gasteiger partial charge in [-0.25, -0.2) is 8.42 Å². The molecule has 0 fully saturated rings. The number of methoxy groups -OCH3 is 1. The first kappa shape index (κ1) is 24.1. The van der Waals surface area contributed by atoms with Crippen LogP contribution in [-0.4, -0.2) is 44.5 Å². The Bertz CT molecular complexity index is 1230. The van der Waals surface area contributed by atoms with Crippen molar-refractivity contribution in [3.8, 4) is 11.5 Å². The van der Waals surface area contributed by atoms with Gasteiger partial charge >= 0.3 is 0 Å². The summed E-state index contributed by atoms with van der Waals surface area (Å²) in [4.78, 5) is 15.0. The molecule has 0 aromatic heterocycles. The summed E-state index contributed by atoms with van der Waals surface area (Å²) in [5, 5.41) is 9.74. The number of ether oxygens (including phenoxy) is 1. The van der Waals surface area contributed by atoms with Crippen LogP contribution in [0.25, 0.3) is 0 Å². The van der Waals surface area contributed by atoms with E-state index in [0.29, 0.717) is 17.9 Å². The number of amides is 1. The third-order valence-corrected chi connectivity index (χ3v) is 7.23. The number of likely N-dealkylation sites (N-methyl/N-ethyl adjacent to an activating group) is 1. The highest BCUT2D eigenvalue weighted by atomic mass is 32.2. The quantitative estimate of drug-likeness (QED) is 0.514. The number of carbonyl (C=O) groups excluding carboxylic acids is 1. The minimum atomic E-state index is -4.07. The molecule has 0 bridgehead atoms. The molecule has 0 aliphatic rings. The van der Waals surface area contributed by atoms with Crippen LogP contribution in [0.15, 0.2) is 77.7 Å². The average molecular weight is 469 g/mol. The highest BCUT2D eigenvalue weighted by Crippen LogP contribution is 2.33. The van der Waals surface area contributed by atoms with Crippen molar-refractivity contribution < 1.29 is 23.1 Å². The predicted molar refractivity (Wildman–Crippen MR) is 128 cm³/mol. The van der Waals surface area contributed by atoms with Crippen molar-refractivity contribution >= 4 is 21.6 Å². The third kappa shape index (κ3) is 5.46. The van der Waals surface area contributed by atoms with Crippen LogP contribution >= 0.6 is 0 Å². The minimum absolute atomic E-state index is 0.105. The van der Waals surface area contributed by atoms with Crippen LogP contribution in [0.3, 0.4) is 0 Å². The Balaban J connectivity index is 2.01. The van der Waals surface area contributed by atoms with Gasteiger partial charge in [-0.05, 0) is 55.3 Å². The molecule has 8 heteroatoms. The number of phenols is 1. The largest absolute Gasteiger partial charge is 0.508 e. The van der Waals surface area contributed by atoms with Gasteiger partial charge < -0.3 is 14.7 Å². The Labute approximate surface area is 194 Å². The number of rotatable bonds is 9. The van der Waals surface area contributed by atoms with Gasteiger partial charge in [-0.3, -0.25) is 9.10 Å². The number of aryl methyl sites for hydroxylation is 1. The molecule has 0 radical (unpaired) electrons. The summed E-state index contributed by atoms with van der Waals surface area (Å²) in [6.45, 7) is 3.76. The van der Waals surface area contributed by atoms with Gasteiger partial charge in [0, 0.05) is 13.1 Å². The highest BCUT2D eigenvalue weighted by molar-refractivity contribution is 7.93. The van der Waals surface area contributed by atoms with Crippen molar-refractivity contribution in [1.82, 2.24) is 4.90 Å². The Morgan fingerprint density at radius 3 is 2.36 bits per heavy atom. The highest BCUT2D eigenvalue weighted by Gasteiger charge is 2.31. The zero-order chi connectivity index (χ0) is 24.0. The summed E-state index contributed by atoms with van der Waals surface area (Å²) in [6.07, 6.45) is 0. The second-order valence-corrected chi connectivity index (χ2v) is 9.36. The monoisotopic (exact) mass is 468 g/mol. The number of sulfonamides is 1. The molecule has 174 valence electrons. The molecule has 0 spiro atoms. The van der Waals surface area contributed by atoms with E-state index in [4.69, 9.17) is 4.74 Å². The molecule has 1 N–H and O–H groups in total. The van der Waals surface area contributed by atoms with Crippen molar-refractivity contribution in [3.05, 3.63) is 83.9 Å². The predicted octanol–water partition coefficient (Wildman–Crippen LogP) is 3.95. The standard InChI is InChI=1S/C25H28N2O5S/c1-4-26(17-20-11-9-12-21(28)16-20)25(29)18-27(22-13-6-7-14-23(22)32-3)33(30,31)24-15-8-5-10-19(24)2/h5-16,28H,4,17-18H2,1-3H3. The first-order chi connectivity index (χ1) is 15.8. The number of carbonyl (C=O) groups is 1. The molecule has 7 nitrogen and oxygen atoms in total. The van der Waals surface area contributed by atoms with Crippen molar-refractivity contribution in [1.29, 1.82) is 0 Å². The zero-order valence-electron chi connectivity index (χ0n) is 18.9.